The molecule has 0 radical (unpaired) electrons. The van der Waals surface area contributed by atoms with Crippen LogP contribution < -0.4 is 5.73 Å². The molecule has 2 N–H and O–H groups in total. The van der Waals surface area contributed by atoms with Gasteiger partial charge in [0.15, 0.2) is 0 Å². The van der Waals surface area contributed by atoms with Crippen molar-refractivity contribution in [3.8, 4) is 0 Å². The number of thiophene rings is 1. The fourth-order valence-electron chi connectivity index (χ4n) is 1.58. The molecule has 0 fully saturated rings. The summed E-state index contributed by atoms with van der Waals surface area (Å²) in [5.74, 6) is -0.374. The molecule has 1 aromatic carbocycles. The molecule has 0 aliphatic carbocycles. The van der Waals surface area contributed by atoms with Crippen molar-refractivity contribution in [1.82, 2.24) is 0 Å². The molecule has 1 aromatic heterocycles. The molecule has 0 amide bonds. The summed E-state index contributed by atoms with van der Waals surface area (Å²) in [6.07, 6.45) is 0. The Morgan fingerprint density at radius 3 is 2.68 bits per heavy atom. The zero-order valence-corrected chi connectivity index (χ0v) is 12.3. The summed E-state index contributed by atoms with van der Waals surface area (Å²) in [5, 5.41) is 0.606. The Morgan fingerprint density at radius 1 is 1.37 bits per heavy atom. The van der Waals surface area contributed by atoms with Gasteiger partial charge in [0.25, 0.3) is 0 Å². The minimum absolute atomic E-state index is 0.162. The van der Waals surface area contributed by atoms with Crippen LogP contribution in [0.1, 0.15) is 25.7 Å². The zero-order chi connectivity index (χ0) is 14.0. The van der Waals surface area contributed by atoms with E-state index in [-0.39, 0.29) is 12.6 Å². The molecule has 0 spiro atoms. The first-order valence-corrected chi connectivity index (χ1v) is 6.95. The number of esters is 1. The second-order valence-corrected chi connectivity index (χ2v) is 5.96. The number of hydrogen-bond donors (Lipinski definition) is 1. The molecule has 19 heavy (non-hydrogen) atoms. The highest BCUT2D eigenvalue weighted by molar-refractivity contribution is 7.14. The van der Waals surface area contributed by atoms with E-state index in [1.807, 2.05) is 32.0 Å². The maximum atomic E-state index is 11.9. The maximum absolute atomic E-state index is 11.9. The summed E-state index contributed by atoms with van der Waals surface area (Å²) in [6, 6.07) is 7.28. The number of ether oxygens (including phenoxy) is 1. The maximum Gasteiger partial charge on any atom is 0.348 e. The van der Waals surface area contributed by atoms with E-state index in [1.54, 1.807) is 6.07 Å². The van der Waals surface area contributed by atoms with Crippen LogP contribution >= 0.6 is 22.9 Å². The number of nitrogens with two attached hydrogens (primary N) is 1. The van der Waals surface area contributed by atoms with Gasteiger partial charge in [-0.25, -0.2) is 4.79 Å². The molecule has 0 aliphatic heterocycles. The first-order chi connectivity index (χ1) is 8.97. The van der Waals surface area contributed by atoms with E-state index >= 15 is 0 Å². The summed E-state index contributed by atoms with van der Waals surface area (Å²) in [6.45, 7) is 3.99. The summed E-state index contributed by atoms with van der Waals surface area (Å²) >= 11 is 7.41. The molecule has 0 aliphatic rings. The Balaban J connectivity index is 2.04. The van der Waals surface area contributed by atoms with Crippen LogP contribution in [0, 0.1) is 13.8 Å². The van der Waals surface area contributed by atoms with E-state index < -0.39 is 0 Å². The number of hydrogen-bond acceptors (Lipinski definition) is 4. The summed E-state index contributed by atoms with van der Waals surface area (Å²) < 4.78 is 5.23. The van der Waals surface area contributed by atoms with Crippen molar-refractivity contribution >= 4 is 34.6 Å². The first-order valence-electron chi connectivity index (χ1n) is 5.75. The van der Waals surface area contributed by atoms with Crippen molar-refractivity contribution in [1.29, 1.82) is 0 Å². The molecule has 3 nitrogen and oxygen atoms in total. The Kier molecular flexibility index (Phi) is 4.12. The van der Waals surface area contributed by atoms with Crippen LogP contribution in [0.3, 0.4) is 0 Å². The molecular weight excluding hydrogens is 282 g/mol. The van der Waals surface area contributed by atoms with E-state index in [2.05, 4.69) is 0 Å². The van der Waals surface area contributed by atoms with Gasteiger partial charge in [-0.3, -0.25) is 0 Å². The van der Waals surface area contributed by atoms with Gasteiger partial charge in [0.2, 0.25) is 0 Å². The number of aryl methyl sites for hydroxylation is 2. The molecular formula is C14H14ClNO2S. The minimum atomic E-state index is -0.374. The molecule has 2 rings (SSSR count). The number of anilines is 1. The molecule has 0 saturated carbocycles. The van der Waals surface area contributed by atoms with Crippen LogP contribution in [0.15, 0.2) is 24.3 Å². The highest BCUT2D eigenvalue weighted by Gasteiger charge is 2.13. The normalized spacial score (nSPS) is 10.5. The van der Waals surface area contributed by atoms with E-state index in [9.17, 15) is 4.79 Å². The van der Waals surface area contributed by atoms with Crippen LogP contribution in [0.2, 0.25) is 5.02 Å². The average molecular weight is 296 g/mol. The molecule has 0 atom stereocenters. The topological polar surface area (TPSA) is 52.3 Å². The molecule has 0 saturated heterocycles. The van der Waals surface area contributed by atoms with Gasteiger partial charge in [0.1, 0.15) is 11.5 Å². The van der Waals surface area contributed by atoms with Crippen molar-refractivity contribution in [2.75, 3.05) is 5.73 Å². The average Bonchev–Trinajstić information content (AvgIpc) is 2.68. The van der Waals surface area contributed by atoms with Crippen LogP contribution in [-0.2, 0) is 11.3 Å². The molecule has 0 unspecified atom stereocenters. The van der Waals surface area contributed by atoms with Gasteiger partial charge < -0.3 is 10.5 Å². The summed E-state index contributed by atoms with van der Waals surface area (Å²) in [5.41, 5.74) is 8.19. The van der Waals surface area contributed by atoms with Gasteiger partial charge in [0, 0.05) is 21.2 Å². The van der Waals surface area contributed by atoms with Gasteiger partial charge in [-0.1, -0.05) is 23.7 Å². The Bertz CT molecular complexity index is 602. The first kappa shape index (κ1) is 13.9. The third-order valence-corrected chi connectivity index (χ3v) is 4.12. The lowest BCUT2D eigenvalue weighted by Crippen LogP contribution is -2.03. The van der Waals surface area contributed by atoms with Gasteiger partial charge in [0.05, 0.1) is 0 Å². The highest BCUT2D eigenvalue weighted by Crippen LogP contribution is 2.25. The fourth-order valence-corrected chi connectivity index (χ4v) is 2.71. The third kappa shape index (κ3) is 3.28. The predicted molar refractivity (Wildman–Crippen MR) is 78.8 cm³/mol. The number of halogens is 1. The lowest BCUT2D eigenvalue weighted by Gasteiger charge is -2.06. The van der Waals surface area contributed by atoms with Gasteiger partial charge >= 0.3 is 5.97 Å². The van der Waals surface area contributed by atoms with Crippen molar-refractivity contribution in [2.24, 2.45) is 0 Å². The predicted octanol–water partition coefficient (Wildman–Crippen LogP) is 3.96. The van der Waals surface area contributed by atoms with Gasteiger partial charge in [-0.2, -0.15) is 0 Å². The Morgan fingerprint density at radius 2 is 2.11 bits per heavy atom. The fraction of sp³-hybridized carbons (Fsp3) is 0.214. The SMILES string of the molecule is Cc1ccc(COC(=O)c2cc(N)c(C)s2)c(Cl)c1. The number of benzene rings is 1. The van der Waals surface area contributed by atoms with Crippen molar-refractivity contribution in [2.45, 2.75) is 20.5 Å². The summed E-state index contributed by atoms with van der Waals surface area (Å²) in [7, 11) is 0. The van der Waals surface area contributed by atoms with Crippen molar-refractivity contribution < 1.29 is 9.53 Å². The second-order valence-electron chi connectivity index (χ2n) is 4.29. The lowest BCUT2D eigenvalue weighted by molar-refractivity contribution is 0.0479. The van der Waals surface area contributed by atoms with Crippen molar-refractivity contribution in [3.05, 3.63) is 50.2 Å². The van der Waals surface area contributed by atoms with Gasteiger partial charge in [-0.15, -0.1) is 11.3 Å². The van der Waals surface area contributed by atoms with Crippen LogP contribution in [0.25, 0.3) is 0 Å². The quantitative estimate of drug-likeness (QED) is 0.872. The Hall–Kier alpha value is -1.52. The zero-order valence-electron chi connectivity index (χ0n) is 10.7. The Labute approximate surface area is 121 Å². The molecule has 2 aromatic rings. The molecule has 5 heteroatoms. The smallest absolute Gasteiger partial charge is 0.348 e. The lowest BCUT2D eigenvalue weighted by atomic mass is 10.2. The van der Waals surface area contributed by atoms with Crippen molar-refractivity contribution in [3.63, 3.8) is 0 Å². The summed E-state index contributed by atoms with van der Waals surface area (Å²) in [4.78, 5) is 13.3. The molecule has 0 bridgehead atoms. The van der Waals surface area contributed by atoms with Crippen LogP contribution in [0.4, 0.5) is 5.69 Å². The minimum Gasteiger partial charge on any atom is -0.457 e. The molecule has 100 valence electrons. The number of carbonyl (C=O) groups excluding carboxylic acids is 1. The number of nitrogen functional groups attached to an aromatic ring is 1. The van der Waals surface area contributed by atoms with Crippen LogP contribution in [0.5, 0.6) is 0 Å². The second kappa shape index (κ2) is 5.63. The van der Waals surface area contributed by atoms with E-state index in [0.717, 1.165) is 16.0 Å². The molecule has 1 heterocycles. The number of carbonyl (C=O) groups is 1. The third-order valence-electron chi connectivity index (χ3n) is 2.72. The largest absolute Gasteiger partial charge is 0.457 e. The van der Waals surface area contributed by atoms with Gasteiger partial charge in [-0.05, 0) is 31.5 Å². The van der Waals surface area contributed by atoms with E-state index in [0.29, 0.717) is 15.6 Å². The van der Waals surface area contributed by atoms with Crippen LogP contribution in [-0.4, -0.2) is 5.97 Å². The van der Waals surface area contributed by atoms with E-state index in [4.69, 9.17) is 22.1 Å². The van der Waals surface area contributed by atoms with E-state index in [1.165, 1.54) is 11.3 Å². The highest BCUT2D eigenvalue weighted by atomic mass is 35.5. The number of rotatable bonds is 3. The monoisotopic (exact) mass is 295 g/mol. The standard InChI is InChI=1S/C14H14ClNO2S/c1-8-3-4-10(11(15)5-8)7-18-14(17)13-6-12(16)9(2)19-13/h3-6H,7,16H2,1-2H3.